The van der Waals surface area contributed by atoms with Gasteiger partial charge in [-0.3, -0.25) is 9.10 Å². The zero-order valence-corrected chi connectivity index (χ0v) is 19.0. The van der Waals surface area contributed by atoms with Crippen LogP contribution >= 0.6 is 0 Å². The molecule has 0 unspecified atom stereocenters. The van der Waals surface area contributed by atoms with Crippen LogP contribution in [0, 0.1) is 6.92 Å². The van der Waals surface area contributed by atoms with Crippen LogP contribution in [0.5, 0.6) is 5.75 Å². The smallest absolute Gasteiger partial charge is 0.244 e. The van der Waals surface area contributed by atoms with Crippen molar-refractivity contribution in [2.24, 2.45) is 0 Å². The highest BCUT2D eigenvalue weighted by Gasteiger charge is 2.37. The summed E-state index contributed by atoms with van der Waals surface area (Å²) in [6, 6.07) is 13.7. The molecule has 2 atom stereocenters. The van der Waals surface area contributed by atoms with Gasteiger partial charge < -0.3 is 10.1 Å². The maximum atomic E-state index is 13.4. The predicted molar refractivity (Wildman–Crippen MR) is 119 cm³/mol. The van der Waals surface area contributed by atoms with Crippen molar-refractivity contribution in [2.75, 3.05) is 10.6 Å². The highest BCUT2D eigenvalue weighted by molar-refractivity contribution is 7.92. The molecular weight excluding hydrogens is 400 g/mol. The van der Waals surface area contributed by atoms with Crippen molar-refractivity contribution >= 4 is 21.6 Å². The number of hydrogen-bond acceptors (Lipinski definition) is 4. The number of nitrogens with zero attached hydrogens (tertiary/aromatic N) is 1. The summed E-state index contributed by atoms with van der Waals surface area (Å²) < 4.78 is 32.6. The lowest BCUT2D eigenvalue weighted by atomic mass is 9.89. The molecule has 7 heteroatoms. The molecule has 1 heterocycles. The van der Waals surface area contributed by atoms with E-state index in [0.717, 1.165) is 23.1 Å². The largest absolute Gasteiger partial charge is 0.487 e. The number of anilines is 1. The van der Waals surface area contributed by atoms with Crippen molar-refractivity contribution in [3.8, 4) is 5.75 Å². The van der Waals surface area contributed by atoms with E-state index in [-0.39, 0.29) is 11.9 Å². The van der Waals surface area contributed by atoms with E-state index in [1.54, 1.807) is 18.2 Å². The molecule has 1 amide bonds. The Labute approximate surface area is 179 Å². The monoisotopic (exact) mass is 430 g/mol. The number of ether oxygens (including phenoxy) is 1. The Morgan fingerprint density at radius 2 is 1.93 bits per heavy atom. The van der Waals surface area contributed by atoms with Crippen molar-refractivity contribution in [3.63, 3.8) is 0 Å². The second-order valence-electron chi connectivity index (χ2n) is 8.49. The van der Waals surface area contributed by atoms with Crippen molar-refractivity contribution in [1.29, 1.82) is 0 Å². The van der Waals surface area contributed by atoms with Crippen LogP contribution in [0.3, 0.4) is 0 Å². The molecule has 1 aliphatic rings. The van der Waals surface area contributed by atoms with Gasteiger partial charge in [0.15, 0.2) is 0 Å². The molecule has 30 heavy (non-hydrogen) atoms. The first-order valence-electron chi connectivity index (χ1n) is 10.2. The van der Waals surface area contributed by atoms with E-state index in [9.17, 15) is 13.2 Å². The Morgan fingerprint density at radius 1 is 1.23 bits per heavy atom. The van der Waals surface area contributed by atoms with E-state index < -0.39 is 21.7 Å². The lowest BCUT2D eigenvalue weighted by Gasteiger charge is -2.39. The van der Waals surface area contributed by atoms with Crippen molar-refractivity contribution in [2.45, 2.75) is 58.2 Å². The molecule has 162 valence electrons. The fourth-order valence-corrected chi connectivity index (χ4v) is 5.23. The quantitative estimate of drug-likeness (QED) is 0.753. The third-order valence-corrected chi connectivity index (χ3v) is 6.46. The maximum Gasteiger partial charge on any atom is 0.244 e. The number of amides is 1. The zero-order valence-electron chi connectivity index (χ0n) is 18.2. The van der Waals surface area contributed by atoms with Gasteiger partial charge in [0.2, 0.25) is 15.9 Å². The topological polar surface area (TPSA) is 75.7 Å². The number of para-hydroxylation sites is 1. The number of carbonyl (C=O) groups is 1. The summed E-state index contributed by atoms with van der Waals surface area (Å²) in [5, 5.41) is 3.09. The first-order chi connectivity index (χ1) is 14.0. The summed E-state index contributed by atoms with van der Waals surface area (Å²) in [5.74, 6) is 0.424. The predicted octanol–water partition coefficient (Wildman–Crippen LogP) is 3.96. The minimum Gasteiger partial charge on any atom is -0.487 e. The van der Waals surface area contributed by atoms with Crippen LogP contribution < -0.4 is 14.4 Å². The van der Waals surface area contributed by atoms with Gasteiger partial charge in [-0.25, -0.2) is 8.42 Å². The third-order valence-electron chi connectivity index (χ3n) is 5.28. The van der Waals surface area contributed by atoms with Gasteiger partial charge in [-0.2, -0.15) is 0 Å². The fraction of sp³-hybridized carbons (Fsp3) is 0.435. The molecular formula is C23H30N2O4S. The number of carbonyl (C=O) groups excluding carboxylic acids is 1. The molecule has 1 aliphatic heterocycles. The second kappa shape index (κ2) is 8.30. The van der Waals surface area contributed by atoms with Gasteiger partial charge in [-0.05, 0) is 51.0 Å². The van der Waals surface area contributed by atoms with Crippen LogP contribution in [0.15, 0.2) is 48.5 Å². The van der Waals surface area contributed by atoms with Gasteiger partial charge in [0, 0.05) is 12.0 Å². The van der Waals surface area contributed by atoms with Crippen LogP contribution in [-0.4, -0.2) is 32.2 Å². The summed E-state index contributed by atoms with van der Waals surface area (Å²) in [4.78, 5) is 13.4. The molecule has 0 spiro atoms. The molecule has 1 N–H and O–H groups in total. The molecule has 2 aromatic rings. The summed E-state index contributed by atoms with van der Waals surface area (Å²) in [7, 11) is -3.67. The number of nitrogens with one attached hydrogen (secondary N) is 1. The van der Waals surface area contributed by atoms with Crippen molar-refractivity contribution in [3.05, 3.63) is 59.7 Å². The number of rotatable bonds is 6. The van der Waals surface area contributed by atoms with E-state index in [1.165, 1.54) is 4.31 Å². The lowest BCUT2D eigenvalue weighted by Crippen LogP contribution is -2.51. The van der Waals surface area contributed by atoms with Gasteiger partial charge in [-0.1, -0.05) is 37.3 Å². The highest BCUT2D eigenvalue weighted by Crippen LogP contribution is 2.39. The second-order valence-corrected chi connectivity index (χ2v) is 10.3. The van der Waals surface area contributed by atoms with Crippen molar-refractivity contribution in [1.82, 2.24) is 5.32 Å². The SMILES string of the molecule is CC[C@@H](C(=O)N[C@@H]1CC(C)(C)Oc2ccccc21)N(c1cccc(C)c1)S(C)(=O)=O. The highest BCUT2D eigenvalue weighted by atomic mass is 32.2. The van der Waals surface area contributed by atoms with Gasteiger partial charge >= 0.3 is 0 Å². The zero-order chi connectivity index (χ0) is 22.1. The summed E-state index contributed by atoms with van der Waals surface area (Å²) in [6.45, 7) is 7.68. The Morgan fingerprint density at radius 3 is 2.57 bits per heavy atom. The molecule has 0 bridgehead atoms. The van der Waals surface area contributed by atoms with Crippen LogP contribution in [0.2, 0.25) is 0 Å². The maximum absolute atomic E-state index is 13.4. The molecule has 0 aliphatic carbocycles. The Balaban J connectivity index is 1.94. The first kappa shape index (κ1) is 22.2. The molecule has 3 rings (SSSR count). The molecule has 0 saturated heterocycles. The average molecular weight is 431 g/mol. The Kier molecular flexibility index (Phi) is 6.13. The Hall–Kier alpha value is -2.54. The first-order valence-corrected chi connectivity index (χ1v) is 12.0. The van der Waals surface area contributed by atoms with Gasteiger partial charge in [0.05, 0.1) is 18.0 Å². The minimum atomic E-state index is -3.67. The number of fused-ring (bicyclic) bond motifs is 1. The number of hydrogen-bond donors (Lipinski definition) is 1. The number of benzene rings is 2. The molecule has 0 fully saturated rings. The summed E-state index contributed by atoms with van der Waals surface area (Å²) in [6.07, 6.45) is 2.08. The lowest BCUT2D eigenvalue weighted by molar-refractivity contribution is -0.123. The van der Waals surface area contributed by atoms with Gasteiger partial charge in [0.25, 0.3) is 0 Å². The number of sulfonamides is 1. The number of aryl methyl sites for hydroxylation is 1. The average Bonchev–Trinajstić information content (AvgIpc) is 2.63. The molecule has 0 saturated carbocycles. The van der Waals surface area contributed by atoms with E-state index in [1.807, 2.05) is 58.0 Å². The molecule has 0 radical (unpaired) electrons. The minimum absolute atomic E-state index is 0.259. The van der Waals surface area contributed by atoms with E-state index in [2.05, 4.69) is 5.32 Å². The molecule has 6 nitrogen and oxygen atoms in total. The Bertz CT molecular complexity index is 1030. The van der Waals surface area contributed by atoms with Crippen LogP contribution in [0.4, 0.5) is 5.69 Å². The fourth-order valence-electron chi connectivity index (χ4n) is 4.02. The van der Waals surface area contributed by atoms with E-state index in [0.29, 0.717) is 18.5 Å². The van der Waals surface area contributed by atoms with Crippen LogP contribution in [-0.2, 0) is 14.8 Å². The normalized spacial score (nSPS) is 18.6. The molecule has 2 aromatic carbocycles. The van der Waals surface area contributed by atoms with Gasteiger partial charge in [-0.15, -0.1) is 0 Å². The van der Waals surface area contributed by atoms with Crippen LogP contribution in [0.25, 0.3) is 0 Å². The summed E-state index contributed by atoms with van der Waals surface area (Å²) >= 11 is 0. The standard InChI is InChI=1S/C23H30N2O4S/c1-6-20(25(30(5,27)28)17-11-9-10-16(2)14-17)22(26)24-19-15-23(3,4)29-21-13-8-7-12-18(19)21/h7-14,19-20H,6,15H2,1-5H3,(H,24,26)/t19-,20+/m1/s1. The van der Waals surface area contributed by atoms with Crippen LogP contribution in [0.1, 0.15) is 50.8 Å². The summed E-state index contributed by atoms with van der Waals surface area (Å²) in [5.41, 5.74) is 1.88. The molecule has 0 aromatic heterocycles. The van der Waals surface area contributed by atoms with Gasteiger partial charge in [0.1, 0.15) is 17.4 Å². The van der Waals surface area contributed by atoms with Crippen molar-refractivity contribution < 1.29 is 17.9 Å². The van der Waals surface area contributed by atoms with E-state index >= 15 is 0 Å². The van der Waals surface area contributed by atoms with E-state index in [4.69, 9.17) is 4.74 Å². The third kappa shape index (κ3) is 4.78.